The molecule has 0 fully saturated rings. The molecule has 0 aliphatic heterocycles. The number of anilines is 1. The predicted octanol–water partition coefficient (Wildman–Crippen LogP) is 2.00. The van der Waals surface area contributed by atoms with Gasteiger partial charge in [0.1, 0.15) is 5.75 Å². The number of primary amides is 1. The number of para-hydroxylation sites is 1. The summed E-state index contributed by atoms with van der Waals surface area (Å²) in [4.78, 5) is 11.4. The molecule has 0 unspecified atom stereocenters. The van der Waals surface area contributed by atoms with Gasteiger partial charge in [0, 0.05) is 6.42 Å². The molecule has 0 atom stereocenters. The van der Waals surface area contributed by atoms with Crippen LogP contribution in [0.1, 0.15) is 15.9 Å². The first-order valence-corrected chi connectivity index (χ1v) is 6.56. The van der Waals surface area contributed by atoms with Gasteiger partial charge in [0.15, 0.2) is 5.75 Å². The fourth-order valence-electron chi connectivity index (χ4n) is 1.97. The Hall–Kier alpha value is -2.69. The van der Waals surface area contributed by atoms with Crippen LogP contribution < -0.4 is 20.9 Å². The maximum Gasteiger partial charge on any atom is 0.252 e. The zero-order valence-electron chi connectivity index (χ0n) is 11.8. The molecule has 5 nitrogen and oxygen atoms in total. The summed E-state index contributed by atoms with van der Waals surface area (Å²) >= 11 is 0. The van der Waals surface area contributed by atoms with E-state index in [9.17, 15) is 4.79 Å². The summed E-state index contributed by atoms with van der Waals surface area (Å²) in [5.41, 5.74) is 12.9. The maximum absolute atomic E-state index is 11.4. The summed E-state index contributed by atoms with van der Waals surface area (Å²) in [5, 5.41) is 0. The standard InChI is InChI=1S/C16H18N2O3/c1-20-12-7-5-11(6-8-12)9-10-21-15-13(16(18)19)3-2-4-14(15)17/h2-8H,9-10,17H2,1H3,(H2,18,19). The smallest absolute Gasteiger partial charge is 0.252 e. The molecule has 4 N–H and O–H groups in total. The Morgan fingerprint density at radius 3 is 2.48 bits per heavy atom. The number of methoxy groups -OCH3 is 1. The summed E-state index contributed by atoms with van der Waals surface area (Å²) in [6.07, 6.45) is 0.691. The fraction of sp³-hybridized carbons (Fsp3) is 0.188. The zero-order valence-corrected chi connectivity index (χ0v) is 11.8. The Morgan fingerprint density at radius 1 is 1.14 bits per heavy atom. The first-order valence-electron chi connectivity index (χ1n) is 6.56. The molecular formula is C16H18N2O3. The molecule has 0 heterocycles. The molecule has 0 spiro atoms. The maximum atomic E-state index is 11.4. The summed E-state index contributed by atoms with van der Waals surface area (Å²) < 4.78 is 10.7. The molecule has 0 saturated carbocycles. The minimum absolute atomic E-state index is 0.296. The lowest BCUT2D eigenvalue weighted by Crippen LogP contribution is -2.15. The summed E-state index contributed by atoms with van der Waals surface area (Å²) in [5.74, 6) is 0.600. The second kappa shape index (κ2) is 6.65. The van der Waals surface area contributed by atoms with Crippen LogP contribution in [0.25, 0.3) is 0 Å². The van der Waals surface area contributed by atoms with E-state index in [-0.39, 0.29) is 0 Å². The molecule has 0 aliphatic rings. The number of nitrogens with two attached hydrogens (primary N) is 2. The number of hydrogen-bond donors (Lipinski definition) is 2. The minimum atomic E-state index is -0.554. The van der Waals surface area contributed by atoms with Crippen LogP contribution in [0.5, 0.6) is 11.5 Å². The zero-order chi connectivity index (χ0) is 15.2. The van der Waals surface area contributed by atoms with Crippen LogP contribution in [0, 0.1) is 0 Å². The van der Waals surface area contributed by atoms with Gasteiger partial charge in [-0.3, -0.25) is 4.79 Å². The van der Waals surface area contributed by atoms with E-state index < -0.39 is 5.91 Å². The Morgan fingerprint density at radius 2 is 1.86 bits per heavy atom. The molecule has 2 aromatic rings. The molecule has 0 aromatic heterocycles. The van der Waals surface area contributed by atoms with E-state index in [2.05, 4.69) is 0 Å². The van der Waals surface area contributed by atoms with Gasteiger partial charge >= 0.3 is 0 Å². The molecule has 5 heteroatoms. The van der Waals surface area contributed by atoms with Crippen LogP contribution in [-0.4, -0.2) is 19.6 Å². The van der Waals surface area contributed by atoms with Crippen molar-refractivity contribution in [2.24, 2.45) is 5.73 Å². The van der Waals surface area contributed by atoms with Crippen molar-refractivity contribution >= 4 is 11.6 Å². The van der Waals surface area contributed by atoms with Gasteiger partial charge < -0.3 is 20.9 Å². The first-order chi connectivity index (χ1) is 10.1. The number of amides is 1. The number of carbonyl (C=O) groups excluding carboxylic acids is 1. The highest BCUT2D eigenvalue weighted by Crippen LogP contribution is 2.26. The largest absolute Gasteiger partial charge is 0.497 e. The number of ether oxygens (including phenoxy) is 2. The molecule has 0 saturated heterocycles. The molecule has 1 amide bonds. The van der Waals surface area contributed by atoms with Gasteiger partial charge in [-0.2, -0.15) is 0 Å². The lowest BCUT2D eigenvalue weighted by atomic mass is 10.1. The SMILES string of the molecule is COc1ccc(CCOc2c(N)cccc2C(N)=O)cc1. The third kappa shape index (κ3) is 3.66. The highest BCUT2D eigenvalue weighted by atomic mass is 16.5. The van der Waals surface area contributed by atoms with E-state index in [1.54, 1.807) is 25.3 Å². The topological polar surface area (TPSA) is 87.6 Å². The van der Waals surface area contributed by atoms with E-state index in [1.165, 1.54) is 0 Å². The van der Waals surface area contributed by atoms with Gasteiger partial charge in [-0.25, -0.2) is 0 Å². The van der Waals surface area contributed by atoms with E-state index in [4.69, 9.17) is 20.9 Å². The number of rotatable bonds is 6. The number of benzene rings is 2. The second-order valence-electron chi connectivity index (χ2n) is 4.53. The van der Waals surface area contributed by atoms with Gasteiger partial charge in [0.05, 0.1) is 25.0 Å². The lowest BCUT2D eigenvalue weighted by molar-refractivity contribution is 0.0996. The third-order valence-electron chi connectivity index (χ3n) is 3.11. The Labute approximate surface area is 123 Å². The van der Waals surface area contributed by atoms with E-state index in [1.807, 2.05) is 24.3 Å². The van der Waals surface area contributed by atoms with Crippen molar-refractivity contribution in [1.29, 1.82) is 0 Å². The second-order valence-corrected chi connectivity index (χ2v) is 4.53. The minimum Gasteiger partial charge on any atom is -0.497 e. The normalized spacial score (nSPS) is 10.1. The van der Waals surface area contributed by atoms with Crippen molar-refractivity contribution in [1.82, 2.24) is 0 Å². The van der Waals surface area contributed by atoms with Crippen molar-refractivity contribution in [2.45, 2.75) is 6.42 Å². The van der Waals surface area contributed by atoms with Gasteiger partial charge in [-0.15, -0.1) is 0 Å². The predicted molar refractivity (Wildman–Crippen MR) is 81.6 cm³/mol. The molecule has 2 rings (SSSR count). The van der Waals surface area contributed by atoms with Crippen LogP contribution in [0.2, 0.25) is 0 Å². The molecule has 0 bridgehead atoms. The monoisotopic (exact) mass is 286 g/mol. The highest BCUT2D eigenvalue weighted by Gasteiger charge is 2.12. The van der Waals surface area contributed by atoms with E-state index in [0.29, 0.717) is 30.0 Å². The molecule has 110 valence electrons. The van der Waals surface area contributed by atoms with Crippen molar-refractivity contribution in [3.63, 3.8) is 0 Å². The molecular weight excluding hydrogens is 268 g/mol. The van der Waals surface area contributed by atoms with Gasteiger partial charge in [-0.05, 0) is 29.8 Å². The van der Waals surface area contributed by atoms with Crippen LogP contribution >= 0.6 is 0 Å². The van der Waals surface area contributed by atoms with Crippen LogP contribution in [0.3, 0.4) is 0 Å². The van der Waals surface area contributed by atoms with Gasteiger partial charge in [0.25, 0.3) is 5.91 Å². The quantitative estimate of drug-likeness (QED) is 0.795. The molecule has 2 aromatic carbocycles. The summed E-state index contributed by atoms with van der Waals surface area (Å²) in [6, 6.07) is 12.7. The molecule has 0 radical (unpaired) electrons. The average molecular weight is 286 g/mol. The molecule has 21 heavy (non-hydrogen) atoms. The van der Waals surface area contributed by atoms with Crippen LogP contribution in [-0.2, 0) is 6.42 Å². The number of carbonyl (C=O) groups is 1. The molecule has 0 aliphatic carbocycles. The van der Waals surface area contributed by atoms with Crippen molar-refractivity contribution < 1.29 is 14.3 Å². The Bertz CT molecular complexity index is 624. The lowest BCUT2D eigenvalue weighted by Gasteiger charge is -2.12. The van der Waals surface area contributed by atoms with E-state index in [0.717, 1.165) is 11.3 Å². The number of nitrogen functional groups attached to an aromatic ring is 1. The average Bonchev–Trinajstić information content (AvgIpc) is 2.49. The van der Waals surface area contributed by atoms with Gasteiger partial charge in [-0.1, -0.05) is 18.2 Å². The Balaban J connectivity index is 2.01. The van der Waals surface area contributed by atoms with Crippen LogP contribution in [0.4, 0.5) is 5.69 Å². The van der Waals surface area contributed by atoms with Crippen LogP contribution in [0.15, 0.2) is 42.5 Å². The number of hydrogen-bond acceptors (Lipinski definition) is 4. The van der Waals surface area contributed by atoms with E-state index >= 15 is 0 Å². The van der Waals surface area contributed by atoms with Crippen molar-refractivity contribution in [3.8, 4) is 11.5 Å². The fourth-order valence-corrected chi connectivity index (χ4v) is 1.97. The van der Waals surface area contributed by atoms with Crippen molar-refractivity contribution in [2.75, 3.05) is 19.5 Å². The third-order valence-corrected chi connectivity index (χ3v) is 3.11. The van der Waals surface area contributed by atoms with Gasteiger partial charge in [0.2, 0.25) is 0 Å². The summed E-state index contributed by atoms with van der Waals surface area (Å²) in [7, 11) is 1.63. The highest BCUT2D eigenvalue weighted by molar-refractivity contribution is 5.97. The van der Waals surface area contributed by atoms with Crippen molar-refractivity contribution in [3.05, 3.63) is 53.6 Å². The first kappa shape index (κ1) is 14.7. The Kier molecular flexibility index (Phi) is 4.66. The summed E-state index contributed by atoms with van der Waals surface area (Å²) in [6.45, 7) is 0.404.